The van der Waals surface area contributed by atoms with Crippen molar-refractivity contribution in [1.82, 2.24) is 9.78 Å². The van der Waals surface area contributed by atoms with Gasteiger partial charge in [-0.25, -0.2) is 0 Å². The molecule has 0 unspecified atom stereocenters. The second-order valence-corrected chi connectivity index (χ2v) is 5.04. The van der Waals surface area contributed by atoms with Crippen LogP contribution in [0.4, 0.5) is 0 Å². The third-order valence-corrected chi connectivity index (χ3v) is 3.27. The lowest BCUT2D eigenvalue weighted by atomic mass is 10.1. The number of hydrogen-bond acceptors (Lipinski definition) is 4. The largest absolute Gasteiger partial charge is 0.466 e. The average molecular weight is 331 g/mol. The maximum Gasteiger partial charge on any atom is 0.306 e. The van der Waals surface area contributed by atoms with Crippen molar-refractivity contribution in [2.45, 2.75) is 46.1 Å². The Kier molecular flexibility index (Phi) is 6.77. The zero-order valence-corrected chi connectivity index (χ0v) is 12.9. The maximum atomic E-state index is 11.9. The van der Waals surface area contributed by atoms with Crippen LogP contribution in [0.5, 0.6) is 0 Å². The molecule has 0 atom stereocenters. The summed E-state index contributed by atoms with van der Waals surface area (Å²) >= 11 is 3.39. The highest BCUT2D eigenvalue weighted by Crippen LogP contribution is 2.18. The smallest absolute Gasteiger partial charge is 0.306 e. The lowest BCUT2D eigenvalue weighted by molar-refractivity contribution is -0.144. The van der Waals surface area contributed by atoms with Gasteiger partial charge in [-0.15, -0.1) is 0 Å². The summed E-state index contributed by atoms with van der Waals surface area (Å²) in [6.07, 6.45) is 3.30. The summed E-state index contributed by atoms with van der Waals surface area (Å²) in [6, 6.07) is 0. The van der Waals surface area contributed by atoms with Crippen LogP contribution < -0.4 is 0 Å². The highest BCUT2D eigenvalue weighted by Gasteiger charge is 2.14. The summed E-state index contributed by atoms with van der Waals surface area (Å²) < 4.78 is 7.46. The number of carbonyl (C=O) groups is 2. The maximum absolute atomic E-state index is 11.9. The molecule has 0 radical (unpaired) electrons. The molecule has 5 nitrogen and oxygen atoms in total. The Balaban J connectivity index is 2.52. The van der Waals surface area contributed by atoms with Gasteiger partial charge in [0.1, 0.15) is 5.78 Å². The van der Waals surface area contributed by atoms with Gasteiger partial charge in [-0.3, -0.25) is 14.3 Å². The van der Waals surface area contributed by atoms with E-state index in [1.165, 1.54) is 0 Å². The molecule has 0 aliphatic rings. The van der Waals surface area contributed by atoms with E-state index in [1.54, 1.807) is 13.1 Å². The van der Waals surface area contributed by atoms with Crippen molar-refractivity contribution in [2.24, 2.45) is 0 Å². The molecule has 0 bridgehead atoms. The Morgan fingerprint density at radius 2 is 2.11 bits per heavy atom. The SMILES string of the molecule is CCCn1ncc(Br)c1CC(=O)CCC(=O)OCC. The first-order valence-corrected chi connectivity index (χ1v) is 7.25. The number of aryl methyl sites for hydroxylation is 1. The molecule has 0 amide bonds. The first-order valence-electron chi connectivity index (χ1n) is 6.46. The van der Waals surface area contributed by atoms with Gasteiger partial charge in [-0.1, -0.05) is 6.92 Å². The van der Waals surface area contributed by atoms with E-state index in [1.807, 2.05) is 4.68 Å². The Morgan fingerprint density at radius 3 is 2.74 bits per heavy atom. The van der Waals surface area contributed by atoms with Gasteiger partial charge in [0.15, 0.2) is 0 Å². The molecule has 1 aromatic rings. The lowest BCUT2D eigenvalue weighted by Gasteiger charge is -2.06. The van der Waals surface area contributed by atoms with Gasteiger partial charge in [0.05, 0.1) is 29.4 Å². The summed E-state index contributed by atoms with van der Waals surface area (Å²) in [5.41, 5.74) is 0.871. The van der Waals surface area contributed by atoms with Crippen molar-refractivity contribution in [3.05, 3.63) is 16.4 Å². The lowest BCUT2D eigenvalue weighted by Crippen LogP contribution is -2.13. The van der Waals surface area contributed by atoms with Crippen LogP contribution in [-0.2, 0) is 27.3 Å². The van der Waals surface area contributed by atoms with E-state index in [-0.39, 0.29) is 24.6 Å². The Morgan fingerprint density at radius 1 is 1.37 bits per heavy atom. The third-order valence-electron chi connectivity index (χ3n) is 2.61. The normalized spacial score (nSPS) is 10.5. The van der Waals surface area contributed by atoms with Gasteiger partial charge in [-0.05, 0) is 29.3 Å². The van der Waals surface area contributed by atoms with E-state index >= 15 is 0 Å². The molecule has 106 valence electrons. The van der Waals surface area contributed by atoms with E-state index in [4.69, 9.17) is 4.74 Å². The number of halogens is 1. The first kappa shape index (κ1) is 15.9. The van der Waals surface area contributed by atoms with Crippen molar-refractivity contribution < 1.29 is 14.3 Å². The van der Waals surface area contributed by atoms with Crippen LogP contribution >= 0.6 is 15.9 Å². The van der Waals surface area contributed by atoms with Crippen LogP contribution in [0.1, 0.15) is 38.8 Å². The van der Waals surface area contributed by atoms with Crippen LogP contribution in [0.15, 0.2) is 10.7 Å². The van der Waals surface area contributed by atoms with Gasteiger partial charge < -0.3 is 4.74 Å². The van der Waals surface area contributed by atoms with Gasteiger partial charge in [0.2, 0.25) is 0 Å². The summed E-state index contributed by atoms with van der Waals surface area (Å²) in [5, 5.41) is 4.21. The summed E-state index contributed by atoms with van der Waals surface area (Å²) in [4.78, 5) is 23.0. The molecule has 0 aliphatic carbocycles. The minimum absolute atomic E-state index is 0.0200. The Labute approximate surface area is 121 Å². The molecule has 19 heavy (non-hydrogen) atoms. The van der Waals surface area contributed by atoms with Gasteiger partial charge >= 0.3 is 5.97 Å². The second kappa shape index (κ2) is 8.09. The second-order valence-electron chi connectivity index (χ2n) is 4.18. The molecular weight excluding hydrogens is 312 g/mol. The molecule has 0 saturated heterocycles. The molecule has 0 saturated carbocycles. The highest BCUT2D eigenvalue weighted by molar-refractivity contribution is 9.10. The van der Waals surface area contributed by atoms with E-state index < -0.39 is 0 Å². The fourth-order valence-electron chi connectivity index (χ4n) is 1.72. The molecule has 0 fully saturated rings. The van der Waals surface area contributed by atoms with Gasteiger partial charge in [0, 0.05) is 19.4 Å². The predicted octanol–water partition coefficient (Wildman–Crippen LogP) is 2.51. The van der Waals surface area contributed by atoms with Crippen LogP contribution in [0.25, 0.3) is 0 Å². The average Bonchev–Trinajstić information content (AvgIpc) is 2.70. The minimum atomic E-state index is -0.322. The Hall–Kier alpha value is -1.17. The number of aromatic nitrogens is 2. The number of ketones is 1. The first-order chi connectivity index (χ1) is 9.08. The van der Waals surface area contributed by atoms with Crippen LogP contribution in [-0.4, -0.2) is 28.1 Å². The molecule has 6 heteroatoms. The standard InChI is InChI=1S/C13H19BrN2O3/c1-3-7-16-12(11(14)9-15-16)8-10(17)5-6-13(18)19-4-2/h9H,3-8H2,1-2H3. The van der Waals surface area contributed by atoms with E-state index in [0.717, 1.165) is 23.1 Å². The summed E-state index contributed by atoms with van der Waals surface area (Å²) in [6.45, 7) is 4.94. The highest BCUT2D eigenvalue weighted by atomic mass is 79.9. The van der Waals surface area contributed by atoms with Crippen molar-refractivity contribution in [2.75, 3.05) is 6.61 Å². The molecule has 0 aliphatic heterocycles. The number of carbonyl (C=O) groups excluding carboxylic acids is 2. The van der Waals surface area contributed by atoms with Crippen LogP contribution in [0.3, 0.4) is 0 Å². The quantitative estimate of drug-likeness (QED) is 0.687. The molecule has 0 aromatic carbocycles. The van der Waals surface area contributed by atoms with Crippen LogP contribution in [0, 0.1) is 0 Å². The number of nitrogens with zero attached hydrogens (tertiary/aromatic N) is 2. The van der Waals surface area contributed by atoms with Crippen LogP contribution in [0.2, 0.25) is 0 Å². The number of hydrogen-bond donors (Lipinski definition) is 0. The van der Waals surface area contributed by atoms with E-state index in [0.29, 0.717) is 13.0 Å². The fraction of sp³-hybridized carbons (Fsp3) is 0.615. The van der Waals surface area contributed by atoms with E-state index in [9.17, 15) is 9.59 Å². The van der Waals surface area contributed by atoms with Gasteiger partial charge in [-0.2, -0.15) is 5.10 Å². The van der Waals surface area contributed by atoms with Crippen molar-refractivity contribution in [3.63, 3.8) is 0 Å². The molecule has 1 heterocycles. The van der Waals surface area contributed by atoms with Gasteiger partial charge in [0.25, 0.3) is 0 Å². The topological polar surface area (TPSA) is 61.2 Å². The Bertz CT molecular complexity index is 443. The summed E-state index contributed by atoms with van der Waals surface area (Å²) in [7, 11) is 0. The fourth-order valence-corrected chi connectivity index (χ4v) is 2.15. The molecule has 0 spiro atoms. The monoisotopic (exact) mass is 330 g/mol. The summed E-state index contributed by atoms with van der Waals surface area (Å²) in [5.74, 6) is -0.302. The van der Waals surface area contributed by atoms with Crippen molar-refractivity contribution in [3.8, 4) is 0 Å². The number of ether oxygens (including phenoxy) is 1. The van der Waals surface area contributed by atoms with Crippen molar-refractivity contribution in [1.29, 1.82) is 0 Å². The number of esters is 1. The number of rotatable bonds is 8. The molecule has 0 N–H and O–H groups in total. The molecule has 1 aromatic heterocycles. The number of Topliss-reactive ketones (excluding diaryl/α,β-unsaturated/α-hetero) is 1. The predicted molar refractivity (Wildman–Crippen MR) is 74.8 cm³/mol. The van der Waals surface area contributed by atoms with Crippen molar-refractivity contribution >= 4 is 27.7 Å². The third kappa shape index (κ3) is 5.14. The molecule has 1 rings (SSSR count). The zero-order chi connectivity index (χ0) is 14.3. The van der Waals surface area contributed by atoms with E-state index in [2.05, 4.69) is 28.0 Å². The zero-order valence-electron chi connectivity index (χ0n) is 11.3. The minimum Gasteiger partial charge on any atom is -0.466 e. The molecular formula is C13H19BrN2O3.